The van der Waals surface area contributed by atoms with Crippen LogP contribution in [0.1, 0.15) is 21.6 Å². The topological polar surface area (TPSA) is 72.1 Å². The van der Waals surface area contributed by atoms with Crippen molar-refractivity contribution in [1.82, 2.24) is 14.9 Å². The van der Waals surface area contributed by atoms with Crippen LogP contribution in [0.15, 0.2) is 24.5 Å². The van der Waals surface area contributed by atoms with Gasteiger partial charge in [0.25, 0.3) is 5.91 Å². The number of amides is 1. The summed E-state index contributed by atoms with van der Waals surface area (Å²) in [4.78, 5) is 22.4. The van der Waals surface area contributed by atoms with Gasteiger partial charge in [0.15, 0.2) is 0 Å². The van der Waals surface area contributed by atoms with Crippen molar-refractivity contribution in [3.8, 4) is 0 Å². The number of anilines is 1. The van der Waals surface area contributed by atoms with E-state index >= 15 is 0 Å². The molecule has 0 saturated carbocycles. The second-order valence-corrected chi connectivity index (χ2v) is 5.69. The molecule has 0 radical (unpaired) electrons. The molecule has 0 atom stereocenters. The van der Waals surface area contributed by atoms with Gasteiger partial charge in [-0.1, -0.05) is 23.2 Å². The summed E-state index contributed by atoms with van der Waals surface area (Å²) in [6.45, 7) is 0.971. The van der Waals surface area contributed by atoms with Crippen molar-refractivity contribution in [2.24, 2.45) is 0 Å². The van der Waals surface area contributed by atoms with Crippen LogP contribution >= 0.6 is 23.2 Å². The fourth-order valence-corrected chi connectivity index (χ4v) is 2.94. The van der Waals surface area contributed by atoms with E-state index in [4.69, 9.17) is 28.9 Å². The minimum Gasteiger partial charge on any atom is -0.383 e. The zero-order valence-electron chi connectivity index (χ0n) is 11.0. The molecular weight excluding hydrogens is 311 g/mol. The van der Waals surface area contributed by atoms with Gasteiger partial charge in [0.1, 0.15) is 12.1 Å². The molecule has 0 spiro atoms. The van der Waals surface area contributed by atoms with Gasteiger partial charge in [-0.25, -0.2) is 9.97 Å². The summed E-state index contributed by atoms with van der Waals surface area (Å²) in [5, 5.41) is 0.879. The number of rotatable bonds is 1. The molecule has 2 N–H and O–H groups in total. The van der Waals surface area contributed by atoms with Gasteiger partial charge in [-0.3, -0.25) is 4.79 Å². The number of hydrogen-bond acceptors (Lipinski definition) is 4. The fourth-order valence-electron chi connectivity index (χ4n) is 2.41. The Hall–Kier alpha value is -1.85. The second-order valence-electron chi connectivity index (χ2n) is 4.82. The lowest BCUT2D eigenvalue weighted by molar-refractivity contribution is 0.0732. The molecule has 0 saturated heterocycles. The van der Waals surface area contributed by atoms with Crippen molar-refractivity contribution in [2.45, 2.75) is 13.0 Å². The number of nitrogen functional groups attached to an aromatic ring is 1. The van der Waals surface area contributed by atoms with Crippen LogP contribution in [0, 0.1) is 0 Å². The number of carbonyl (C=O) groups excluding carboxylic acids is 1. The van der Waals surface area contributed by atoms with E-state index in [1.54, 1.807) is 23.1 Å². The molecule has 0 aliphatic carbocycles. The number of carbonyl (C=O) groups is 1. The van der Waals surface area contributed by atoms with E-state index in [1.807, 2.05) is 0 Å². The van der Waals surface area contributed by atoms with Crippen LogP contribution in [0.3, 0.4) is 0 Å². The summed E-state index contributed by atoms with van der Waals surface area (Å²) < 4.78 is 0. The number of fused-ring (bicyclic) bond motifs is 1. The van der Waals surface area contributed by atoms with E-state index in [0.717, 1.165) is 11.3 Å². The molecule has 0 bridgehead atoms. The van der Waals surface area contributed by atoms with Crippen LogP contribution in [0.2, 0.25) is 10.0 Å². The third kappa shape index (κ3) is 2.80. The first-order valence-electron chi connectivity index (χ1n) is 6.38. The molecule has 7 heteroatoms. The maximum atomic E-state index is 12.5. The Morgan fingerprint density at radius 3 is 2.62 bits per heavy atom. The highest BCUT2D eigenvalue weighted by atomic mass is 35.5. The third-order valence-corrected chi connectivity index (χ3v) is 3.87. The number of hydrogen-bond donors (Lipinski definition) is 1. The molecule has 2 aromatic rings. The molecule has 21 heavy (non-hydrogen) atoms. The van der Waals surface area contributed by atoms with Crippen molar-refractivity contribution < 1.29 is 4.79 Å². The first kappa shape index (κ1) is 14.1. The Labute approximate surface area is 131 Å². The number of nitrogens with two attached hydrogens (primary N) is 1. The first-order valence-corrected chi connectivity index (χ1v) is 7.14. The van der Waals surface area contributed by atoms with E-state index in [-0.39, 0.29) is 5.91 Å². The maximum absolute atomic E-state index is 12.5. The predicted octanol–water partition coefficient (Wildman–Crippen LogP) is 2.56. The van der Waals surface area contributed by atoms with E-state index in [9.17, 15) is 4.79 Å². The minimum atomic E-state index is -0.123. The average molecular weight is 323 g/mol. The standard InChI is InChI=1S/C14H12Cl2N4O/c15-9-3-8(4-10(16)5-9)14(21)20-2-1-11-12(6-20)18-7-19-13(11)17/h3-5,7H,1-2,6H2,(H2,17,18,19). The largest absolute Gasteiger partial charge is 0.383 e. The molecular formula is C14H12Cl2N4O. The van der Waals surface area contributed by atoms with Crippen molar-refractivity contribution in [3.05, 3.63) is 51.4 Å². The summed E-state index contributed by atoms with van der Waals surface area (Å²) in [5.41, 5.74) is 8.00. The smallest absolute Gasteiger partial charge is 0.254 e. The van der Waals surface area contributed by atoms with Crippen molar-refractivity contribution in [2.75, 3.05) is 12.3 Å². The van der Waals surface area contributed by atoms with Crippen molar-refractivity contribution in [1.29, 1.82) is 0 Å². The predicted molar refractivity (Wildman–Crippen MR) is 81.4 cm³/mol. The molecule has 1 aliphatic rings. The molecule has 1 aliphatic heterocycles. The molecule has 108 valence electrons. The van der Waals surface area contributed by atoms with Gasteiger partial charge in [0.05, 0.1) is 12.2 Å². The molecule has 5 nitrogen and oxygen atoms in total. The van der Waals surface area contributed by atoms with Gasteiger partial charge in [0, 0.05) is 27.7 Å². The quantitative estimate of drug-likeness (QED) is 0.875. The monoisotopic (exact) mass is 322 g/mol. The normalized spacial score (nSPS) is 13.9. The third-order valence-electron chi connectivity index (χ3n) is 3.44. The molecule has 0 unspecified atom stereocenters. The van der Waals surface area contributed by atoms with E-state index in [2.05, 4.69) is 9.97 Å². The fraction of sp³-hybridized carbons (Fsp3) is 0.214. The highest BCUT2D eigenvalue weighted by Crippen LogP contribution is 2.24. The average Bonchev–Trinajstić information content (AvgIpc) is 2.45. The van der Waals surface area contributed by atoms with Gasteiger partial charge >= 0.3 is 0 Å². The summed E-state index contributed by atoms with van der Waals surface area (Å²) in [5.74, 6) is 0.361. The van der Waals surface area contributed by atoms with E-state index in [0.29, 0.717) is 40.9 Å². The Morgan fingerprint density at radius 2 is 1.90 bits per heavy atom. The Kier molecular flexibility index (Phi) is 3.69. The molecule has 3 rings (SSSR count). The molecule has 0 fully saturated rings. The number of aromatic nitrogens is 2. The molecule has 2 heterocycles. The summed E-state index contributed by atoms with van der Waals surface area (Å²) in [6.07, 6.45) is 2.06. The Morgan fingerprint density at radius 1 is 1.19 bits per heavy atom. The second kappa shape index (κ2) is 5.50. The summed E-state index contributed by atoms with van der Waals surface area (Å²) in [6, 6.07) is 4.82. The number of benzene rings is 1. The number of nitrogens with zero attached hydrogens (tertiary/aromatic N) is 3. The van der Waals surface area contributed by atoms with Crippen molar-refractivity contribution in [3.63, 3.8) is 0 Å². The van der Waals surface area contributed by atoms with Crippen LogP contribution in [-0.4, -0.2) is 27.3 Å². The van der Waals surface area contributed by atoms with Gasteiger partial charge in [0.2, 0.25) is 0 Å². The van der Waals surface area contributed by atoms with E-state index < -0.39 is 0 Å². The SMILES string of the molecule is Nc1ncnc2c1CCN(C(=O)c1cc(Cl)cc(Cl)c1)C2. The van der Waals surface area contributed by atoms with Crippen LogP contribution in [-0.2, 0) is 13.0 Å². The highest BCUT2D eigenvalue weighted by Gasteiger charge is 2.24. The van der Waals surface area contributed by atoms with Crippen LogP contribution < -0.4 is 5.73 Å². The van der Waals surface area contributed by atoms with Gasteiger partial charge in [-0.2, -0.15) is 0 Å². The maximum Gasteiger partial charge on any atom is 0.254 e. The summed E-state index contributed by atoms with van der Waals surface area (Å²) >= 11 is 11.9. The molecule has 1 aromatic carbocycles. The Bertz CT molecular complexity index is 700. The highest BCUT2D eigenvalue weighted by molar-refractivity contribution is 6.35. The van der Waals surface area contributed by atoms with Gasteiger partial charge in [-0.05, 0) is 24.6 Å². The number of halogens is 2. The lowest BCUT2D eigenvalue weighted by Gasteiger charge is -2.28. The van der Waals surface area contributed by atoms with Crippen LogP contribution in [0.25, 0.3) is 0 Å². The zero-order valence-corrected chi connectivity index (χ0v) is 12.5. The van der Waals surface area contributed by atoms with Gasteiger partial charge in [-0.15, -0.1) is 0 Å². The summed E-state index contributed by atoms with van der Waals surface area (Å²) in [7, 11) is 0. The van der Waals surface area contributed by atoms with Crippen LogP contribution in [0.5, 0.6) is 0 Å². The first-order chi connectivity index (χ1) is 10.0. The molecule has 1 amide bonds. The van der Waals surface area contributed by atoms with Crippen LogP contribution in [0.4, 0.5) is 5.82 Å². The van der Waals surface area contributed by atoms with Crippen molar-refractivity contribution >= 4 is 34.9 Å². The van der Waals surface area contributed by atoms with E-state index in [1.165, 1.54) is 6.33 Å². The van der Waals surface area contributed by atoms with Gasteiger partial charge < -0.3 is 10.6 Å². The molecule has 1 aromatic heterocycles. The lowest BCUT2D eigenvalue weighted by atomic mass is 10.0. The Balaban J connectivity index is 1.87. The zero-order chi connectivity index (χ0) is 15.0. The lowest BCUT2D eigenvalue weighted by Crippen LogP contribution is -2.37. The minimum absolute atomic E-state index is 0.123.